The van der Waals surface area contributed by atoms with Crippen molar-refractivity contribution in [2.24, 2.45) is 0 Å². The van der Waals surface area contributed by atoms with Gasteiger partial charge in [-0.15, -0.1) is 0 Å². The van der Waals surface area contributed by atoms with Gasteiger partial charge in [-0.1, -0.05) is 323 Å². The van der Waals surface area contributed by atoms with E-state index in [-0.39, 0.29) is 5.41 Å². The largest absolute Gasteiger partial charge is 0.345 e. The molecule has 638 valence electrons. The van der Waals surface area contributed by atoms with Crippen LogP contribution in [0.5, 0.6) is 0 Å². The van der Waals surface area contributed by atoms with Gasteiger partial charge in [0.25, 0.3) is 0 Å². The third kappa shape index (κ3) is 15.1. The van der Waals surface area contributed by atoms with Gasteiger partial charge in [0, 0.05) is 150 Å². The van der Waals surface area contributed by atoms with Crippen LogP contribution < -0.4 is 19.6 Å². The number of fused-ring (bicyclic) bond motifs is 17. The Labute approximate surface area is 776 Å². The average Bonchev–Trinajstić information content (AvgIpc) is 1.58. The smallest absolute Gasteiger partial charge is 0.0619 e. The summed E-state index contributed by atoms with van der Waals surface area (Å²) in [4.78, 5) is 9.00. The number of hydrogen-bond acceptors (Lipinski definition) is 4. The molecule has 0 saturated heterocycles. The molecular weight excluding hydrogens is 1610 g/mol. The maximum Gasteiger partial charge on any atom is 0.0619 e. The number of anilines is 8. The molecule has 0 N–H and O–H groups in total. The first kappa shape index (κ1) is 81.8. The zero-order valence-corrected chi connectivity index (χ0v) is 75.3. The Bertz CT molecular complexity index is 8310. The molecule has 8 nitrogen and oxygen atoms in total. The van der Waals surface area contributed by atoms with Crippen LogP contribution in [-0.2, 0) is 5.41 Å². The van der Waals surface area contributed by atoms with Crippen LogP contribution in [0, 0.1) is 0 Å². The lowest BCUT2D eigenvalue weighted by Crippen LogP contribution is -2.16. The monoisotopic (exact) mass is 1710 g/mol. The zero-order chi connectivity index (χ0) is 89.6. The highest BCUT2D eigenvalue weighted by Crippen LogP contribution is 2.51. The average molecular weight is 1710 g/mol. The van der Waals surface area contributed by atoms with Crippen LogP contribution in [0.3, 0.4) is 0 Å². The molecule has 0 saturated carbocycles. The maximum atomic E-state index is 2.41. The third-order valence-corrected chi connectivity index (χ3v) is 27.1. The molecular formula is C125H98N8. The van der Waals surface area contributed by atoms with E-state index in [4.69, 9.17) is 0 Å². The third-order valence-electron chi connectivity index (χ3n) is 27.1. The summed E-state index contributed by atoms with van der Waals surface area (Å²) in [5.74, 6) is 0. The van der Waals surface area contributed by atoms with E-state index in [0.29, 0.717) is 0 Å². The predicted molar refractivity (Wildman–Crippen MR) is 567 cm³/mol. The van der Waals surface area contributed by atoms with Gasteiger partial charge in [0.2, 0.25) is 0 Å². The fourth-order valence-electron chi connectivity index (χ4n) is 20.1. The highest BCUT2D eigenvalue weighted by atomic mass is 15.1. The number of benzene rings is 20. The van der Waals surface area contributed by atoms with Crippen molar-refractivity contribution in [2.45, 2.75) is 19.3 Å². The van der Waals surface area contributed by atoms with Crippen LogP contribution in [0.1, 0.15) is 25.0 Å². The van der Waals surface area contributed by atoms with Crippen molar-refractivity contribution in [2.75, 3.05) is 47.8 Å². The fraction of sp³-hybridized carbons (Fsp3) is 0.0560. The quantitative estimate of drug-likeness (QED) is 0.109. The van der Waals surface area contributed by atoms with Crippen molar-refractivity contribution in [3.05, 3.63) is 496 Å². The summed E-state index contributed by atoms with van der Waals surface area (Å²) in [6, 6.07) is 174. The van der Waals surface area contributed by atoms with Gasteiger partial charge in [-0.05, 0) is 226 Å². The molecule has 0 bridgehead atoms. The van der Waals surface area contributed by atoms with Gasteiger partial charge in [0.1, 0.15) is 0 Å². The molecule has 0 atom stereocenters. The van der Waals surface area contributed by atoms with Crippen LogP contribution in [-0.4, -0.2) is 46.5 Å². The van der Waals surface area contributed by atoms with E-state index in [0.717, 1.165) is 22.7 Å². The summed E-state index contributed by atoms with van der Waals surface area (Å²) >= 11 is 0. The van der Waals surface area contributed by atoms with Gasteiger partial charge >= 0.3 is 0 Å². The van der Waals surface area contributed by atoms with Crippen LogP contribution in [0.25, 0.3) is 154 Å². The van der Waals surface area contributed by atoms with Crippen molar-refractivity contribution in [3.8, 4) is 56.1 Å². The summed E-state index contributed by atoms with van der Waals surface area (Å²) in [7, 11) is 8.53. The number of para-hydroxylation sites is 8. The van der Waals surface area contributed by atoms with Crippen LogP contribution in [0.15, 0.2) is 485 Å². The molecule has 0 radical (unpaired) electrons. The minimum Gasteiger partial charge on any atom is -0.345 e. The maximum absolute atomic E-state index is 2.41. The van der Waals surface area contributed by atoms with Crippen LogP contribution in [0.4, 0.5) is 45.5 Å². The minimum atomic E-state index is 0.00314. The summed E-state index contributed by atoms with van der Waals surface area (Å²) in [5, 5.41) is 12.8. The normalized spacial score (nSPS) is 11.9. The number of rotatable bonds is 14. The fourth-order valence-corrected chi connectivity index (χ4v) is 20.1. The summed E-state index contributed by atoms with van der Waals surface area (Å²) in [6.45, 7) is 4.67. The molecule has 4 heterocycles. The lowest BCUT2D eigenvalue weighted by atomic mass is 9.82. The summed E-state index contributed by atoms with van der Waals surface area (Å²) in [6.07, 6.45) is 0. The van der Waals surface area contributed by atoms with Crippen molar-refractivity contribution < 1.29 is 0 Å². The second-order valence-corrected chi connectivity index (χ2v) is 35.0. The topological polar surface area (TPSA) is 32.7 Å². The molecule has 0 spiro atoms. The summed E-state index contributed by atoms with van der Waals surface area (Å²) < 4.78 is 9.49. The second kappa shape index (κ2) is 34.9. The molecule has 133 heavy (non-hydrogen) atoms. The molecule has 20 aromatic carbocycles. The van der Waals surface area contributed by atoms with E-state index in [1.807, 2.05) is 6.07 Å². The lowest BCUT2D eigenvalue weighted by Gasteiger charge is -2.25. The van der Waals surface area contributed by atoms with Crippen LogP contribution >= 0.6 is 0 Å². The zero-order valence-electron chi connectivity index (χ0n) is 75.3. The Morgan fingerprint density at radius 1 is 0.173 bits per heavy atom. The Kier molecular flexibility index (Phi) is 21.5. The highest BCUT2D eigenvalue weighted by molar-refractivity contribution is 6.19. The molecule has 8 heteroatoms. The van der Waals surface area contributed by atoms with Gasteiger partial charge in [-0.25, -0.2) is 0 Å². The Hall–Kier alpha value is -16.9. The van der Waals surface area contributed by atoms with E-state index in [9.17, 15) is 0 Å². The van der Waals surface area contributed by atoms with E-state index in [1.165, 1.54) is 188 Å². The van der Waals surface area contributed by atoms with E-state index >= 15 is 0 Å². The highest BCUT2D eigenvalue weighted by Gasteiger charge is 2.36. The molecule has 1 aliphatic rings. The Balaban J connectivity index is 0.000000104. The van der Waals surface area contributed by atoms with Gasteiger partial charge in [0.15, 0.2) is 0 Å². The SMILES string of the molecule is CN(c1ccc(-c2ccccc2)cc1)c1ccc(-n2c3ccccc3c3ccc4ccccc4c32)cc1.CN(c1ccc(-c2ccccc2)cc1)c1ccc2c3ccccc3n(-c3ccccc3)c2c1.CN(c1ccc(-n2c3ccccc3c3ccccc32)cc1)c1ccc2c(c1)C(C)(C)c1ccccc1-2.CN(c1ccccc1)c1ccc2c3ccccc3n(-c3ccccc3)c2c1. The van der Waals surface area contributed by atoms with Crippen molar-refractivity contribution in [1.29, 1.82) is 0 Å². The molecule has 0 amide bonds. The lowest BCUT2D eigenvalue weighted by molar-refractivity contribution is 0.660. The Morgan fingerprint density at radius 2 is 0.444 bits per heavy atom. The molecule has 4 aromatic heterocycles. The molecule has 0 aliphatic heterocycles. The number of hydrogen-bond donors (Lipinski definition) is 0. The van der Waals surface area contributed by atoms with Gasteiger partial charge in [-0.3, -0.25) is 0 Å². The van der Waals surface area contributed by atoms with Gasteiger partial charge < -0.3 is 37.9 Å². The second-order valence-electron chi connectivity index (χ2n) is 35.0. The van der Waals surface area contributed by atoms with Crippen molar-refractivity contribution in [3.63, 3.8) is 0 Å². The molecule has 0 unspecified atom stereocenters. The summed E-state index contributed by atoms with van der Waals surface area (Å²) in [5.41, 5.74) is 34.4. The Morgan fingerprint density at radius 3 is 0.887 bits per heavy atom. The first-order valence-electron chi connectivity index (χ1n) is 45.8. The standard InChI is InChI=1S/C35H26N2.C34H28N2.C31H24N2.C25H20N2/c1-36(28-18-15-26(16-19-28)25-9-3-2-4-10-25)29-20-22-30(23-21-29)37-34-14-8-7-13-32(34)33-24-17-27-11-5-6-12-31(27)35(33)37;1-34(2)30-13-7-4-10-26(30)27-21-20-25(22-31(27)34)35(3)23-16-18-24(19-17-23)36-32-14-8-5-11-28(32)29-12-6-9-15-33(29)36;1-32(25-18-16-24(17-19-25)23-10-4-2-5-11-23)27-20-21-29-28-14-8-9-15-30(28)33(31(29)22-27)26-12-6-3-7-13-26;1-26(19-10-4-2-5-11-19)21-16-17-23-22-14-8-9-15-24(22)27(25(23)18-21)20-12-6-3-7-13-20/h2-24H,1H3;4-22H,1-3H3;2-22H,1H3;2-18H,1H3. The molecule has 24 aromatic rings. The van der Waals surface area contributed by atoms with Gasteiger partial charge in [-0.2, -0.15) is 0 Å². The number of aromatic nitrogens is 4. The first-order chi connectivity index (χ1) is 65.4. The first-order valence-corrected chi connectivity index (χ1v) is 45.8. The van der Waals surface area contributed by atoms with E-state index in [1.54, 1.807) is 0 Å². The minimum absolute atomic E-state index is 0.00314. The van der Waals surface area contributed by atoms with Gasteiger partial charge in [0.05, 0.1) is 44.1 Å². The predicted octanol–water partition coefficient (Wildman–Crippen LogP) is 33.0. The van der Waals surface area contributed by atoms with Crippen molar-refractivity contribution >= 4 is 143 Å². The number of nitrogens with zero attached hydrogens (tertiary/aromatic N) is 8. The molecule has 1 aliphatic carbocycles. The van der Waals surface area contributed by atoms with Crippen molar-refractivity contribution in [1.82, 2.24) is 18.3 Å². The van der Waals surface area contributed by atoms with E-state index in [2.05, 4.69) is 559 Å². The molecule has 0 fully saturated rings. The van der Waals surface area contributed by atoms with Crippen LogP contribution in [0.2, 0.25) is 0 Å². The molecule has 25 rings (SSSR count). The van der Waals surface area contributed by atoms with E-state index < -0.39 is 0 Å².